The fraction of sp³-hybridized carbons (Fsp3) is 0.367. The highest BCUT2D eigenvalue weighted by molar-refractivity contribution is 6.36. The maximum Gasteiger partial charge on any atom is 0.325 e. The molecule has 4 aromatic rings. The van der Waals surface area contributed by atoms with Crippen molar-refractivity contribution in [3.63, 3.8) is 0 Å². The molecule has 1 amide bonds. The largest absolute Gasteiger partial charge is 0.424 e. The zero-order valence-corrected chi connectivity index (χ0v) is 23.6. The van der Waals surface area contributed by atoms with Gasteiger partial charge in [-0.05, 0) is 50.1 Å². The molecule has 0 aliphatic carbocycles. The molecule has 41 heavy (non-hydrogen) atoms. The maximum atomic E-state index is 14.8. The van der Waals surface area contributed by atoms with Crippen molar-refractivity contribution in [2.45, 2.75) is 25.8 Å². The standard InChI is InChI=1S/C30H31ClFN7O2/c1-37-13-8-19-18(17-37)4-2-6-24(19)41-30-35-27(38-14-10-33-11-15-38)21-5-3-12-39(28(21)36-30)29(40)25-20-7-9-34-23(20)16-22(32)26(25)31/h2,4,6-7,9,16,33-34H,3,5,8,10-15,17H2,1H3. The van der Waals surface area contributed by atoms with Gasteiger partial charge in [-0.2, -0.15) is 9.97 Å². The van der Waals surface area contributed by atoms with Crippen LogP contribution in [0.1, 0.15) is 33.5 Å². The molecule has 11 heteroatoms. The molecular formula is C30H31ClFN7O2. The molecule has 2 aromatic heterocycles. The van der Waals surface area contributed by atoms with Crippen LogP contribution < -0.4 is 19.9 Å². The molecule has 0 saturated carbocycles. The van der Waals surface area contributed by atoms with E-state index in [1.54, 1.807) is 17.2 Å². The summed E-state index contributed by atoms with van der Waals surface area (Å²) >= 11 is 6.43. The number of carbonyl (C=O) groups excluding carboxylic acids is 1. The van der Waals surface area contributed by atoms with Crippen molar-refractivity contribution in [3.05, 3.63) is 69.6 Å². The molecule has 1 saturated heterocycles. The smallest absolute Gasteiger partial charge is 0.325 e. The van der Waals surface area contributed by atoms with Gasteiger partial charge in [-0.3, -0.25) is 9.69 Å². The molecule has 212 valence electrons. The van der Waals surface area contributed by atoms with E-state index in [0.717, 1.165) is 81.2 Å². The molecule has 0 radical (unpaired) electrons. The highest BCUT2D eigenvalue weighted by Gasteiger charge is 2.33. The lowest BCUT2D eigenvalue weighted by Crippen LogP contribution is -2.45. The molecule has 0 unspecified atom stereocenters. The molecule has 7 rings (SSSR count). The number of nitrogens with zero attached hydrogens (tertiary/aromatic N) is 5. The quantitative estimate of drug-likeness (QED) is 0.369. The van der Waals surface area contributed by atoms with Crippen LogP contribution in [0.3, 0.4) is 0 Å². The van der Waals surface area contributed by atoms with Gasteiger partial charge < -0.3 is 24.8 Å². The number of hydrogen-bond donors (Lipinski definition) is 2. The van der Waals surface area contributed by atoms with E-state index >= 15 is 0 Å². The third-order valence-corrected chi connectivity index (χ3v) is 8.62. The van der Waals surface area contributed by atoms with Crippen LogP contribution in [0.15, 0.2) is 36.5 Å². The van der Waals surface area contributed by atoms with Gasteiger partial charge in [0.1, 0.15) is 23.2 Å². The Hall–Kier alpha value is -3.73. The monoisotopic (exact) mass is 575 g/mol. The Bertz CT molecular complexity index is 1650. The second-order valence-electron chi connectivity index (χ2n) is 10.9. The number of H-pyrrole nitrogens is 1. The van der Waals surface area contributed by atoms with E-state index in [-0.39, 0.29) is 16.6 Å². The Morgan fingerprint density at radius 3 is 2.73 bits per heavy atom. The van der Waals surface area contributed by atoms with Gasteiger partial charge in [-0.15, -0.1) is 0 Å². The van der Waals surface area contributed by atoms with E-state index < -0.39 is 11.7 Å². The number of rotatable bonds is 4. The molecule has 0 bridgehead atoms. The van der Waals surface area contributed by atoms with Crippen LogP contribution >= 0.6 is 11.6 Å². The van der Waals surface area contributed by atoms with Crippen molar-refractivity contribution in [2.75, 3.05) is 56.1 Å². The Kier molecular flexibility index (Phi) is 6.76. The van der Waals surface area contributed by atoms with E-state index in [4.69, 9.17) is 26.3 Å². The van der Waals surface area contributed by atoms with E-state index in [1.807, 2.05) is 12.1 Å². The average molecular weight is 576 g/mol. The van der Waals surface area contributed by atoms with Crippen molar-refractivity contribution in [1.29, 1.82) is 0 Å². The van der Waals surface area contributed by atoms with Crippen LogP contribution in [-0.2, 0) is 19.4 Å². The summed E-state index contributed by atoms with van der Waals surface area (Å²) in [5, 5.41) is 3.77. The van der Waals surface area contributed by atoms with Crippen LogP contribution in [0.2, 0.25) is 5.02 Å². The Labute approximate surface area is 242 Å². The molecule has 9 nitrogen and oxygen atoms in total. The molecule has 3 aliphatic heterocycles. The summed E-state index contributed by atoms with van der Waals surface area (Å²) in [5.74, 6) is 0.975. The molecular weight excluding hydrogens is 545 g/mol. The van der Waals surface area contributed by atoms with Gasteiger partial charge in [0.05, 0.1) is 10.6 Å². The number of aromatic amines is 1. The topological polar surface area (TPSA) is 89.6 Å². The van der Waals surface area contributed by atoms with E-state index in [2.05, 4.69) is 33.2 Å². The van der Waals surface area contributed by atoms with Gasteiger partial charge in [0, 0.05) is 74.0 Å². The summed E-state index contributed by atoms with van der Waals surface area (Å²) in [6.45, 7) is 5.45. The van der Waals surface area contributed by atoms with E-state index in [1.165, 1.54) is 11.6 Å². The van der Waals surface area contributed by atoms with Crippen molar-refractivity contribution in [1.82, 2.24) is 25.2 Å². The summed E-state index contributed by atoms with van der Waals surface area (Å²) < 4.78 is 21.2. The number of amides is 1. The number of benzene rings is 2. The normalized spacial score (nSPS) is 17.4. The van der Waals surface area contributed by atoms with Gasteiger partial charge in [-0.25, -0.2) is 4.39 Å². The maximum absolute atomic E-state index is 14.8. The van der Waals surface area contributed by atoms with Crippen LogP contribution in [-0.4, -0.2) is 72.1 Å². The lowest BCUT2D eigenvalue weighted by atomic mass is 9.99. The van der Waals surface area contributed by atoms with Gasteiger partial charge >= 0.3 is 6.01 Å². The molecule has 0 spiro atoms. The van der Waals surface area contributed by atoms with Crippen LogP contribution in [0.25, 0.3) is 10.9 Å². The number of nitrogens with one attached hydrogen (secondary N) is 2. The van der Waals surface area contributed by atoms with E-state index in [9.17, 15) is 9.18 Å². The van der Waals surface area contributed by atoms with Gasteiger partial charge in [-0.1, -0.05) is 23.7 Å². The average Bonchev–Trinajstić information content (AvgIpc) is 3.45. The fourth-order valence-corrected chi connectivity index (χ4v) is 6.43. The second-order valence-corrected chi connectivity index (χ2v) is 11.3. The third-order valence-electron chi connectivity index (χ3n) is 8.25. The molecule has 5 heterocycles. The lowest BCUT2D eigenvalue weighted by Gasteiger charge is -2.35. The number of halogens is 2. The van der Waals surface area contributed by atoms with Crippen molar-refractivity contribution in [3.8, 4) is 11.8 Å². The van der Waals surface area contributed by atoms with Gasteiger partial charge in [0.2, 0.25) is 0 Å². The zero-order valence-electron chi connectivity index (χ0n) is 22.8. The number of fused-ring (bicyclic) bond motifs is 3. The van der Waals surface area contributed by atoms with E-state index in [0.29, 0.717) is 23.3 Å². The summed E-state index contributed by atoms with van der Waals surface area (Å²) in [6, 6.07) is 9.33. The minimum atomic E-state index is -0.644. The van der Waals surface area contributed by atoms with Crippen LogP contribution in [0, 0.1) is 5.82 Å². The predicted molar refractivity (Wildman–Crippen MR) is 157 cm³/mol. The molecule has 2 aromatic carbocycles. The first-order chi connectivity index (χ1) is 20.0. The number of anilines is 2. The summed E-state index contributed by atoms with van der Waals surface area (Å²) in [4.78, 5) is 33.1. The zero-order chi connectivity index (χ0) is 28.1. The number of carbonyl (C=O) groups is 1. The number of hydrogen-bond acceptors (Lipinski definition) is 7. The lowest BCUT2D eigenvalue weighted by molar-refractivity contribution is 0.0985. The fourth-order valence-electron chi connectivity index (χ4n) is 6.19. The Morgan fingerprint density at radius 1 is 1.05 bits per heavy atom. The minimum absolute atomic E-state index is 0.127. The van der Waals surface area contributed by atoms with Crippen LogP contribution in [0.4, 0.5) is 16.0 Å². The summed E-state index contributed by atoms with van der Waals surface area (Å²) in [6.07, 6.45) is 4.00. The second kappa shape index (κ2) is 10.6. The first-order valence-electron chi connectivity index (χ1n) is 14.1. The first kappa shape index (κ1) is 26.2. The van der Waals surface area contributed by atoms with Crippen LogP contribution in [0.5, 0.6) is 11.8 Å². The Morgan fingerprint density at radius 2 is 1.88 bits per heavy atom. The molecule has 1 fully saturated rings. The third kappa shape index (κ3) is 4.69. The number of ether oxygens (including phenoxy) is 1. The first-order valence-corrected chi connectivity index (χ1v) is 14.5. The highest BCUT2D eigenvalue weighted by Crippen LogP contribution is 2.39. The van der Waals surface area contributed by atoms with Gasteiger partial charge in [0.15, 0.2) is 0 Å². The summed E-state index contributed by atoms with van der Waals surface area (Å²) in [7, 11) is 2.11. The van der Waals surface area contributed by atoms with Crippen molar-refractivity contribution in [2.24, 2.45) is 0 Å². The SMILES string of the molecule is CN1CCc2c(cccc2Oc2nc(N3CCNCC3)c3c(n2)N(C(=O)c2c(Cl)c(F)cc4[nH]ccc24)CCC3)C1. The summed E-state index contributed by atoms with van der Waals surface area (Å²) in [5.41, 5.74) is 3.92. The van der Waals surface area contributed by atoms with Gasteiger partial charge in [0.25, 0.3) is 5.91 Å². The number of aromatic nitrogens is 3. The van der Waals surface area contributed by atoms with Crippen molar-refractivity contribution < 1.29 is 13.9 Å². The van der Waals surface area contributed by atoms with Crippen molar-refractivity contribution >= 4 is 40.0 Å². The number of likely N-dealkylation sites (N-methyl/N-ethyl adjacent to an activating group) is 1. The molecule has 3 aliphatic rings. The number of piperazine rings is 1. The highest BCUT2D eigenvalue weighted by atomic mass is 35.5. The Balaban J connectivity index is 1.34. The molecule has 0 atom stereocenters. The minimum Gasteiger partial charge on any atom is -0.424 e. The molecule has 2 N–H and O–H groups in total. The predicted octanol–water partition coefficient (Wildman–Crippen LogP) is 4.53.